The van der Waals surface area contributed by atoms with Gasteiger partial charge in [-0.25, -0.2) is 10.5 Å². The van der Waals surface area contributed by atoms with Gasteiger partial charge in [-0.3, -0.25) is 14.8 Å². The van der Waals surface area contributed by atoms with E-state index in [0.717, 1.165) is 35.5 Å². The van der Waals surface area contributed by atoms with Gasteiger partial charge in [0.25, 0.3) is 5.91 Å². The van der Waals surface area contributed by atoms with Gasteiger partial charge < -0.3 is 10.0 Å². The average Bonchev–Trinajstić information content (AvgIpc) is 3.43. The molecule has 1 aliphatic rings. The molecule has 0 bridgehead atoms. The largest absolute Gasteiger partial charge is 0.382 e. The highest BCUT2D eigenvalue weighted by Gasteiger charge is 2.39. The van der Waals surface area contributed by atoms with Gasteiger partial charge in [0, 0.05) is 17.5 Å². The molecule has 3 rings (SSSR count). The number of hydrogen-bond donors (Lipinski definition) is 3. The Morgan fingerprint density at radius 1 is 1.34 bits per heavy atom. The van der Waals surface area contributed by atoms with Crippen molar-refractivity contribution in [1.82, 2.24) is 15.4 Å². The number of benzene rings is 1. The second-order valence-electron chi connectivity index (χ2n) is 7.30. The monoisotopic (exact) mass is 417 g/mol. The molecule has 3 atom stereocenters. The molecule has 2 heterocycles. The highest BCUT2D eigenvalue weighted by atomic mass is 32.1. The summed E-state index contributed by atoms with van der Waals surface area (Å²) in [4.78, 5) is 31.5. The van der Waals surface area contributed by atoms with Gasteiger partial charge >= 0.3 is 0 Å². The lowest BCUT2D eigenvalue weighted by molar-refractivity contribution is -0.151. The topological polar surface area (TPSA) is 103 Å². The summed E-state index contributed by atoms with van der Waals surface area (Å²) in [5.74, 6) is -2.08. The van der Waals surface area contributed by atoms with E-state index >= 15 is 0 Å². The van der Waals surface area contributed by atoms with Gasteiger partial charge in [-0.15, -0.1) is 11.3 Å². The molecule has 1 fully saturated rings. The Morgan fingerprint density at radius 2 is 2.10 bits per heavy atom. The fraction of sp³-hybridized carbons (Fsp3) is 0.476. The summed E-state index contributed by atoms with van der Waals surface area (Å²) in [6.45, 7) is 2.55. The van der Waals surface area contributed by atoms with Gasteiger partial charge in [0.1, 0.15) is 11.1 Å². The molecular formula is C21H27N3O4S. The molecule has 3 N–H and O–H groups in total. The molecule has 2 aromatic rings. The molecule has 29 heavy (non-hydrogen) atoms. The maximum Gasteiger partial charge on any atom is 0.272 e. The number of carbonyl (C=O) groups excluding carboxylic acids is 2. The first-order chi connectivity index (χ1) is 14.1. The highest BCUT2D eigenvalue weighted by molar-refractivity contribution is 7.10. The van der Waals surface area contributed by atoms with Crippen LogP contribution < -0.4 is 5.48 Å². The molecule has 7 nitrogen and oxygen atoms in total. The summed E-state index contributed by atoms with van der Waals surface area (Å²) in [6.07, 6.45) is 2.01. The molecule has 2 amide bonds. The standard InChI is InChI=1S/C21H27N3O4S/c1-2-3-10-15(18(25)19(26)23-28)21(27)24-12-7-11-17(24)20-22-16(13-29-20)14-8-5-4-6-9-14/h4-6,8-9,13,15,17-18,25,28H,2-3,7,10-12H2,1H3,(H,23,26)/t15-,17+,18+/m1/s1. The molecular weight excluding hydrogens is 390 g/mol. The van der Waals surface area contributed by atoms with Crippen LogP contribution in [-0.4, -0.2) is 44.7 Å². The number of nitrogens with zero attached hydrogens (tertiary/aromatic N) is 2. The zero-order valence-electron chi connectivity index (χ0n) is 16.5. The zero-order valence-corrected chi connectivity index (χ0v) is 17.3. The Hall–Kier alpha value is -2.29. The van der Waals surface area contributed by atoms with E-state index < -0.39 is 17.9 Å². The molecule has 1 aromatic heterocycles. The summed E-state index contributed by atoms with van der Waals surface area (Å²) < 4.78 is 0. The molecule has 0 saturated carbocycles. The van der Waals surface area contributed by atoms with E-state index in [2.05, 4.69) is 0 Å². The second-order valence-corrected chi connectivity index (χ2v) is 8.19. The van der Waals surface area contributed by atoms with E-state index in [1.807, 2.05) is 42.6 Å². The number of aromatic nitrogens is 1. The third-order valence-electron chi connectivity index (χ3n) is 5.36. The lowest BCUT2D eigenvalue weighted by atomic mass is 9.93. The number of aliphatic hydroxyl groups excluding tert-OH is 1. The summed E-state index contributed by atoms with van der Waals surface area (Å²) in [7, 11) is 0. The van der Waals surface area contributed by atoms with E-state index in [-0.39, 0.29) is 11.9 Å². The quantitative estimate of drug-likeness (QED) is 0.452. The number of hydrogen-bond acceptors (Lipinski definition) is 6. The smallest absolute Gasteiger partial charge is 0.272 e. The molecule has 1 saturated heterocycles. The number of amides is 2. The molecule has 156 valence electrons. The van der Waals surface area contributed by atoms with Crippen LogP contribution in [0.4, 0.5) is 0 Å². The number of likely N-dealkylation sites (tertiary alicyclic amines) is 1. The Labute approximate surface area is 174 Å². The van der Waals surface area contributed by atoms with Crippen molar-refractivity contribution in [3.05, 3.63) is 40.7 Å². The van der Waals surface area contributed by atoms with Crippen molar-refractivity contribution >= 4 is 23.2 Å². The Balaban J connectivity index is 1.80. The van der Waals surface area contributed by atoms with Crippen LogP contribution in [0.2, 0.25) is 0 Å². The van der Waals surface area contributed by atoms with Gasteiger partial charge in [-0.2, -0.15) is 0 Å². The van der Waals surface area contributed by atoms with Crippen LogP contribution in [0.15, 0.2) is 35.7 Å². The summed E-state index contributed by atoms with van der Waals surface area (Å²) in [5.41, 5.74) is 3.37. The number of hydroxylamine groups is 1. The third kappa shape index (κ3) is 4.83. The summed E-state index contributed by atoms with van der Waals surface area (Å²) in [5, 5.41) is 22.0. The minimum Gasteiger partial charge on any atom is -0.382 e. The van der Waals surface area contributed by atoms with Gasteiger partial charge in [0.15, 0.2) is 0 Å². The van der Waals surface area contributed by atoms with Crippen LogP contribution in [0, 0.1) is 5.92 Å². The fourth-order valence-corrected chi connectivity index (χ4v) is 4.75. The average molecular weight is 418 g/mol. The summed E-state index contributed by atoms with van der Waals surface area (Å²) in [6, 6.07) is 9.73. The fourth-order valence-electron chi connectivity index (χ4n) is 3.77. The predicted molar refractivity (Wildman–Crippen MR) is 110 cm³/mol. The second kappa shape index (κ2) is 9.96. The molecule has 8 heteroatoms. The van der Waals surface area contributed by atoms with E-state index in [9.17, 15) is 14.7 Å². The van der Waals surface area contributed by atoms with Crippen molar-refractivity contribution < 1.29 is 19.9 Å². The number of nitrogens with one attached hydrogen (secondary N) is 1. The van der Waals surface area contributed by atoms with Crippen molar-refractivity contribution in [3.8, 4) is 11.3 Å². The van der Waals surface area contributed by atoms with Gasteiger partial charge in [-0.05, 0) is 19.3 Å². The number of unbranched alkanes of at least 4 members (excludes halogenated alkanes) is 1. The van der Waals surface area contributed by atoms with E-state index in [0.29, 0.717) is 19.4 Å². The van der Waals surface area contributed by atoms with Crippen molar-refractivity contribution in [2.75, 3.05) is 6.54 Å². The van der Waals surface area contributed by atoms with Crippen LogP contribution >= 0.6 is 11.3 Å². The Kier molecular flexibility index (Phi) is 7.35. The molecule has 0 unspecified atom stereocenters. The number of aliphatic hydroxyl groups is 1. The van der Waals surface area contributed by atoms with Crippen LogP contribution in [0.5, 0.6) is 0 Å². The highest BCUT2D eigenvalue weighted by Crippen LogP contribution is 2.37. The number of carbonyl (C=O) groups is 2. The lowest BCUT2D eigenvalue weighted by Gasteiger charge is -2.29. The SMILES string of the molecule is CCCC[C@@H](C(=O)N1CCC[C@H]1c1nc(-c2ccccc2)cs1)[C@H](O)C(=O)NO. The van der Waals surface area contributed by atoms with Crippen LogP contribution in [0.25, 0.3) is 11.3 Å². The first kappa shape index (κ1) is 21.4. The van der Waals surface area contributed by atoms with Crippen molar-refractivity contribution in [2.45, 2.75) is 51.2 Å². The number of rotatable bonds is 8. The van der Waals surface area contributed by atoms with Crippen molar-refractivity contribution in [3.63, 3.8) is 0 Å². The van der Waals surface area contributed by atoms with Gasteiger partial charge in [0.2, 0.25) is 5.91 Å². The van der Waals surface area contributed by atoms with Crippen LogP contribution in [0.1, 0.15) is 50.1 Å². The van der Waals surface area contributed by atoms with E-state index in [1.54, 1.807) is 4.90 Å². The Bertz CT molecular complexity index is 826. The molecule has 1 aliphatic heterocycles. The molecule has 1 aromatic carbocycles. The molecule has 0 radical (unpaired) electrons. The normalized spacial score (nSPS) is 18.4. The van der Waals surface area contributed by atoms with Crippen molar-refractivity contribution in [1.29, 1.82) is 0 Å². The first-order valence-corrected chi connectivity index (χ1v) is 10.9. The summed E-state index contributed by atoms with van der Waals surface area (Å²) >= 11 is 1.52. The van der Waals surface area contributed by atoms with Crippen LogP contribution in [0.3, 0.4) is 0 Å². The maximum atomic E-state index is 13.3. The Morgan fingerprint density at radius 3 is 2.79 bits per heavy atom. The molecule has 0 aliphatic carbocycles. The van der Waals surface area contributed by atoms with Gasteiger partial charge in [-0.1, -0.05) is 50.1 Å². The minimum atomic E-state index is -1.57. The lowest BCUT2D eigenvalue weighted by Crippen LogP contribution is -2.46. The minimum absolute atomic E-state index is 0.154. The van der Waals surface area contributed by atoms with Crippen molar-refractivity contribution in [2.24, 2.45) is 5.92 Å². The van der Waals surface area contributed by atoms with E-state index in [1.165, 1.54) is 16.8 Å². The van der Waals surface area contributed by atoms with Gasteiger partial charge in [0.05, 0.1) is 17.7 Å². The third-order valence-corrected chi connectivity index (χ3v) is 6.30. The zero-order chi connectivity index (χ0) is 20.8. The van der Waals surface area contributed by atoms with E-state index in [4.69, 9.17) is 10.2 Å². The number of thiazole rings is 1. The molecule has 0 spiro atoms. The first-order valence-electron chi connectivity index (χ1n) is 10.00. The maximum absolute atomic E-state index is 13.3. The predicted octanol–water partition coefficient (Wildman–Crippen LogP) is 3.15. The van der Waals surface area contributed by atoms with Crippen LogP contribution in [-0.2, 0) is 9.59 Å².